The maximum Gasteiger partial charge on any atom is 0.313 e. The van der Waals surface area contributed by atoms with Crippen LogP contribution in [0.15, 0.2) is 35.3 Å². The van der Waals surface area contributed by atoms with Crippen molar-refractivity contribution in [2.45, 2.75) is 19.9 Å². The molecule has 0 spiro atoms. The van der Waals surface area contributed by atoms with Gasteiger partial charge in [-0.25, -0.2) is 0 Å². The summed E-state index contributed by atoms with van der Waals surface area (Å²) in [6.45, 7) is 3.75. The topological polar surface area (TPSA) is 62.3 Å². The van der Waals surface area contributed by atoms with Crippen molar-refractivity contribution in [2.24, 2.45) is 0 Å². The highest BCUT2D eigenvalue weighted by Gasteiger charge is 2.24. The Hall–Kier alpha value is -2.21. The standard InChI is InChI=1S/C15H17N3O2S/c1-10-8-21-9-13(10)17-14(19)15(20)18(3)11(2)12-5-4-6-16-7-12/h4-9,11H,1-3H3,(H,17,19). The largest absolute Gasteiger partial charge is 0.331 e. The molecule has 0 aliphatic carbocycles. The molecule has 2 heterocycles. The molecule has 0 bridgehead atoms. The second kappa shape index (κ2) is 6.49. The van der Waals surface area contributed by atoms with E-state index >= 15 is 0 Å². The van der Waals surface area contributed by atoms with Crippen LogP contribution < -0.4 is 5.32 Å². The van der Waals surface area contributed by atoms with Gasteiger partial charge >= 0.3 is 11.8 Å². The number of rotatable bonds is 3. The zero-order valence-corrected chi connectivity index (χ0v) is 13.0. The van der Waals surface area contributed by atoms with Gasteiger partial charge in [0, 0.05) is 24.8 Å². The molecule has 0 aliphatic heterocycles. The Bertz CT molecular complexity index is 639. The Labute approximate surface area is 127 Å². The monoisotopic (exact) mass is 303 g/mol. The molecule has 2 rings (SSSR count). The van der Waals surface area contributed by atoms with Crippen molar-refractivity contribution >= 4 is 28.8 Å². The van der Waals surface area contributed by atoms with E-state index in [1.54, 1.807) is 25.5 Å². The number of carbonyl (C=O) groups excluding carboxylic acids is 2. The summed E-state index contributed by atoms with van der Waals surface area (Å²) in [5.41, 5.74) is 2.51. The Morgan fingerprint density at radius 2 is 2.14 bits per heavy atom. The molecule has 21 heavy (non-hydrogen) atoms. The van der Waals surface area contributed by atoms with Crippen molar-refractivity contribution in [3.63, 3.8) is 0 Å². The van der Waals surface area contributed by atoms with Crippen LogP contribution in [-0.2, 0) is 9.59 Å². The lowest BCUT2D eigenvalue weighted by molar-refractivity contribution is -0.143. The molecule has 6 heteroatoms. The van der Waals surface area contributed by atoms with Gasteiger partial charge in [-0.3, -0.25) is 14.6 Å². The number of hydrogen-bond donors (Lipinski definition) is 1. The predicted molar refractivity (Wildman–Crippen MR) is 83.1 cm³/mol. The predicted octanol–water partition coefficient (Wildman–Crippen LogP) is 2.61. The first-order valence-corrected chi connectivity index (χ1v) is 7.46. The third kappa shape index (κ3) is 3.46. The number of nitrogens with zero attached hydrogens (tertiary/aromatic N) is 2. The van der Waals surface area contributed by atoms with Crippen LogP contribution >= 0.6 is 11.3 Å². The highest BCUT2D eigenvalue weighted by atomic mass is 32.1. The maximum atomic E-state index is 12.2. The Morgan fingerprint density at radius 1 is 1.38 bits per heavy atom. The molecule has 0 aromatic carbocycles. The van der Waals surface area contributed by atoms with Gasteiger partial charge in [-0.05, 0) is 36.4 Å². The van der Waals surface area contributed by atoms with Gasteiger partial charge in [0.2, 0.25) is 0 Å². The van der Waals surface area contributed by atoms with E-state index in [0.717, 1.165) is 11.1 Å². The molecule has 2 aromatic rings. The van der Waals surface area contributed by atoms with E-state index in [4.69, 9.17) is 0 Å². The summed E-state index contributed by atoms with van der Waals surface area (Å²) < 4.78 is 0. The number of anilines is 1. The molecule has 2 aromatic heterocycles. The van der Waals surface area contributed by atoms with Gasteiger partial charge in [0.05, 0.1) is 11.7 Å². The van der Waals surface area contributed by atoms with Gasteiger partial charge in [0.15, 0.2) is 0 Å². The molecule has 5 nitrogen and oxygen atoms in total. The summed E-state index contributed by atoms with van der Waals surface area (Å²) in [5, 5.41) is 6.37. The zero-order chi connectivity index (χ0) is 15.4. The molecule has 110 valence electrons. The molecular formula is C15H17N3O2S. The first kappa shape index (κ1) is 15.2. The summed E-state index contributed by atoms with van der Waals surface area (Å²) in [4.78, 5) is 29.7. The second-order valence-electron chi connectivity index (χ2n) is 4.80. The van der Waals surface area contributed by atoms with Crippen LogP contribution in [0.25, 0.3) is 0 Å². The number of hydrogen-bond acceptors (Lipinski definition) is 4. The molecule has 0 saturated carbocycles. The molecular weight excluding hydrogens is 286 g/mol. The molecule has 1 atom stereocenters. The van der Waals surface area contributed by atoms with Crippen LogP contribution in [0, 0.1) is 6.92 Å². The van der Waals surface area contributed by atoms with Crippen molar-refractivity contribution in [2.75, 3.05) is 12.4 Å². The average Bonchev–Trinajstić information content (AvgIpc) is 2.91. The van der Waals surface area contributed by atoms with Crippen LogP contribution in [-0.4, -0.2) is 28.7 Å². The number of amides is 2. The van der Waals surface area contributed by atoms with Gasteiger partial charge in [-0.2, -0.15) is 0 Å². The zero-order valence-electron chi connectivity index (χ0n) is 12.2. The molecule has 1 N–H and O–H groups in total. The smallest absolute Gasteiger partial charge is 0.313 e. The highest BCUT2D eigenvalue weighted by Crippen LogP contribution is 2.21. The van der Waals surface area contributed by atoms with E-state index in [1.807, 2.05) is 30.7 Å². The van der Waals surface area contributed by atoms with E-state index < -0.39 is 11.8 Å². The van der Waals surface area contributed by atoms with Crippen LogP contribution in [0.5, 0.6) is 0 Å². The van der Waals surface area contributed by atoms with Crippen LogP contribution in [0.3, 0.4) is 0 Å². The number of pyridine rings is 1. The van der Waals surface area contributed by atoms with Gasteiger partial charge in [-0.1, -0.05) is 6.07 Å². The second-order valence-corrected chi connectivity index (χ2v) is 5.54. The van der Waals surface area contributed by atoms with Crippen LogP contribution in [0.4, 0.5) is 5.69 Å². The minimum absolute atomic E-state index is 0.222. The van der Waals surface area contributed by atoms with Crippen LogP contribution in [0.1, 0.15) is 24.1 Å². The molecule has 2 amide bonds. The normalized spacial score (nSPS) is 11.8. The summed E-state index contributed by atoms with van der Waals surface area (Å²) in [6.07, 6.45) is 3.36. The molecule has 0 aliphatic rings. The fourth-order valence-electron chi connectivity index (χ4n) is 1.85. The van der Waals surface area contributed by atoms with E-state index in [0.29, 0.717) is 5.69 Å². The van der Waals surface area contributed by atoms with Crippen molar-refractivity contribution in [1.29, 1.82) is 0 Å². The fourth-order valence-corrected chi connectivity index (χ4v) is 2.63. The van der Waals surface area contributed by atoms with Crippen LogP contribution in [0.2, 0.25) is 0 Å². The van der Waals surface area contributed by atoms with E-state index in [1.165, 1.54) is 16.2 Å². The maximum absolute atomic E-state index is 12.2. The molecule has 1 unspecified atom stereocenters. The third-order valence-electron chi connectivity index (χ3n) is 3.37. The lowest BCUT2D eigenvalue weighted by atomic mass is 10.1. The quantitative estimate of drug-likeness (QED) is 0.887. The number of likely N-dealkylation sites (N-methyl/N-ethyl adjacent to an activating group) is 1. The SMILES string of the molecule is Cc1cscc1NC(=O)C(=O)N(C)C(C)c1cccnc1. The van der Waals surface area contributed by atoms with Gasteiger partial charge < -0.3 is 10.2 Å². The molecule has 0 saturated heterocycles. The van der Waals surface area contributed by atoms with Crippen molar-refractivity contribution in [3.05, 3.63) is 46.4 Å². The number of nitrogens with one attached hydrogen (secondary N) is 1. The highest BCUT2D eigenvalue weighted by molar-refractivity contribution is 7.08. The van der Waals surface area contributed by atoms with Crippen molar-refractivity contribution in [3.8, 4) is 0 Å². The Morgan fingerprint density at radius 3 is 2.71 bits per heavy atom. The third-order valence-corrected chi connectivity index (χ3v) is 4.23. The number of aromatic nitrogens is 1. The van der Waals surface area contributed by atoms with E-state index in [2.05, 4.69) is 10.3 Å². The van der Waals surface area contributed by atoms with Crippen molar-refractivity contribution < 1.29 is 9.59 Å². The van der Waals surface area contributed by atoms with Gasteiger partial charge in [0.1, 0.15) is 0 Å². The number of aryl methyl sites for hydroxylation is 1. The Balaban J connectivity index is 2.05. The average molecular weight is 303 g/mol. The van der Waals surface area contributed by atoms with E-state index in [-0.39, 0.29) is 6.04 Å². The van der Waals surface area contributed by atoms with Gasteiger partial charge in [0.25, 0.3) is 0 Å². The van der Waals surface area contributed by atoms with Gasteiger partial charge in [-0.15, -0.1) is 11.3 Å². The summed E-state index contributed by atoms with van der Waals surface area (Å²) in [5.74, 6) is -1.20. The lowest BCUT2D eigenvalue weighted by Gasteiger charge is -2.24. The first-order chi connectivity index (χ1) is 10.0. The molecule has 0 radical (unpaired) electrons. The summed E-state index contributed by atoms with van der Waals surface area (Å²) in [7, 11) is 1.61. The first-order valence-electron chi connectivity index (χ1n) is 6.51. The fraction of sp³-hybridized carbons (Fsp3) is 0.267. The summed E-state index contributed by atoms with van der Waals surface area (Å²) in [6, 6.07) is 3.46. The van der Waals surface area contributed by atoms with Crippen molar-refractivity contribution in [1.82, 2.24) is 9.88 Å². The minimum Gasteiger partial charge on any atom is -0.331 e. The summed E-state index contributed by atoms with van der Waals surface area (Å²) >= 11 is 1.48. The molecule has 0 fully saturated rings. The lowest BCUT2D eigenvalue weighted by Crippen LogP contribution is -2.38. The Kier molecular flexibility index (Phi) is 4.70. The number of carbonyl (C=O) groups is 2. The number of thiophene rings is 1. The van der Waals surface area contributed by atoms with E-state index in [9.17, 15) is 9.59 Å². The minimum atomic E-state index is -0.630.